The number of aromatic nitrogens is 4. The number of nitrogens with zero attached hydrogens (tertiary/aromatic N) is 5. The van der Waals surface area contributed by atoms with Crippen LogP contribution in [0.4, 0.5) is 4.39 Å². The van der Waals surface area contributed by atoms with Crippen molar-refractivity contribution in [2.24, 2.45) is 0 Å². The maximum atomic E-state index is 13.1. The standard InChI is InChI=1S/C19H18FN5O/c20-14-6-4-13(5-7-14)9-24-10-16-18(11-24)26-12-17-19(22-23-25(16)17)15-3-1-2-8-21-15/h1-8,16,18H,9-12H2/t16-,18-/m1/s1. The second-order valence-electron chi connectivity index (χ2n) is 6.78. The van der Waals surface area contributed by atoms with E-state index in [-0.39, 0.29) is 18.0 Å². The van der Waals surface area contributed by atoms with Crippen LogP contribution in [-0.4, -0.2) is 44.1 Å². The lowest BCUT2D eigenvalue weighted by Gasteiger charge is -2.26. The fourth-order valence-electron chi connectivity index (χ4n) is 3.81. The van der Waals surface area contributed by atoms with E-state index in [0.29, 0.717) is 6.61 Å². The second kappa shape index (κ2) is 6.26. The van der Waals surface area contributed by atoms with Crippen molar-refractivity contribution in [3.05, 3.63) is 65.7 Å². The van der Waals surface area contributed by atoms with Crippen LogP contribution in [0.5, 0.6) is 0 Å². The molecule has 2 aliphatic rings. The van der Waals surface area contributed by atoms with E-state index in [9.17, 15) is 4.39 Å². The largest absolute Gasteiger partial charge is 0.368 e. The Kier molecular flexibility index (Phi) is 3.76. The van der Waals surface area contributed by atoms with Crippen LogP contribution < -0.4 is 0 Å². The molecule has 0 spiro atoms. The van der Waals surface area contributed by atoms with Gasteiger partial charge < -0.3 is 4.74 Å². The predicted octanol–water partition coefficient (Wildman–Crippen LogP) is 2.43. The van der Waals surface area contributed by atoms with Crippen molar-refractivity contribution in [3.8, 4) is 11.4 Å². The minimum atomic E-state index is -0.207. The molecule has 1 fully saturated rings. The molecule has 0 bridgehead atoms. The Labute approximate surface area is 150 Å². The summed E-state index contributed by atoms with van der Waals surface area (Å²) in [7, 11) is 0. The van der Waals surface area contributed by atoms with Crippen LogP contribution in [0.25, 0.3) is 11.4 Å². The van der Waals surface area contributed by atoms with Gasteiger partial charge in [-0.1, -0.05) is 23.4 Å². The molecule has 132 valence electrons. The van der Waals surface area contributed by atoms with Crippen LogP contribution in [-0.2, 0) is 17.9 Å². The van der Waals surface area contributed by atoms with E-state index in [1.54, 1.807) is 6.20 Å². The Hall–Kier alpha value is -2.64. The highest BCUT2D eigenvalue weighted by atomic mass is 19.1. The number of hydrogen-bond acceptors (Lipinski definition) is 5. The fourth-order valence-corrected chi connectivity index (χ4v) is 3.81. The molecule has 0 radical (unpaired) electrons. The summed E-state index contributed by atoms with van der Waals surface area (Å²) in [5.74, 6) is -0.207. The van der Waals surface area contributed by atoms with Crippen molar-refractivity contribution >= 4 is 0 Å². The monoisotopic (exact) mass is 351 g/mol. The first-order valence-corrected chi connectivity index (χ1v) is 8.72. The zero-order valence-corrected chi connectivity index (χ0v) is 14.1. The van der Waals surface area contributed by atoms with Crippen molar-refractivity contribution in [2.75, 3.05) is 13.1 Å². The normalized spacial score (nSPS) is 22.2. The zero-order chi connectivity index (χ0) is 17.5. The van der Waals surface area contributed by atoms with Crippen molar-refractivity contribution in [3.63, 3.8) is 0 Å². The van der Waals surface area contributed by atoms with Crippen LogP contribution in [0.15, 0.2) is 48.7 Å². The van der Waals surface area contributed by atoms with Gasteiger partial charge in [-0.2, -0.15) is 0 Å². The molecule has 1 aromatic carbocycles. The Morgan fingerprint density at radius 1 is 1.12 bits per heavy atom. The van der Waals surface area contributed by atoms with Crippen LogP contribution >= 0.6 is 0 Å². The molecule has 2 aliphatic heterocycles. The van der Waals surface area contributed by atoms with E-state index in [1.165, 1.54) is 12.1 Å². The maximum absolute atomic E-state index is 13.1. The molecule has 7 heteroatoms. The van der Waals surface area contributed by atoms with Gasteiger partial charge in [-0.25, -0.2) is 9.07 Å². The number of hydrogen-bond donors (Lipinski definition) is 0. The molecule has 6 nitrogen and oxygen atoms in total. The van der Waals surface area contributed by atoms with Crippen LogP contribution in [0, 0.1) is 5.82 Å². The van der Waals surface area contributed by atoms with Crippen molar-refractivity contribution in [1.29, 1.82) is 0 Å². The Morgan fingerprint density at radius 3 is 2.81 bits per heavy atom. The van der Waals surface area contributed by atoms with E-state index >= 15 is 0 Å². The molecule has 0 amide bonds. The van der Waals surface area contributed by atoms with Crippen molar-refractivity contribution in [1.82, 2.24) is 24.9 Å². The van der Waals surface area contributed by atoms with E-state index in [4.69, 9.17) is 4.74 Å². The third-order valence-electron chi connectivity index (χ3n) is 5.08. The van der Waals surface area contributed by atoms with Gasteiger partial charge in [0.1, 0.15) is 11.5 Å². The third-order valence-corrected chi connectivity index (χ3v) is 5.08. The highest BCUT2D eigenvalue weighted by Crippen LogP contribution is 2.34. The number of benzene rings is 1. The maximum Gasteiger partial charge on any atom is 0.137 e. The molecule has 0 N–H and O–H groups in total. The quantitative estimate of drug-likeness (QED) is 0.725. The molecule has 0 unspecified atom stereocenters. The van der Waals surface area contributed by atoms with E-state index in [2.05, 4.69) is 20.2 Å². The lowest BCUT2D eigenvalue weighted by atomic mass is 10.1. The lowest BCUT2D eigenvalue weighted by Crippen LogP contribution is -2.32. The molecule has 0 aliphatic carbocycles. The minimum Gasteiger partial charge on any atom is -0.368 e. The SMILES string of the molecule is Fc1ccc(CN2C[C@@H]3[C@@H](C2)OCc2c(-c4ccccn4)nnn23)cc1. The molecular formula is C19H18FN5O. The van der Waals surface area contributed by atoms with Crippen molar-refractivity contribution in [2.45, 2.75) is 25.3 Å². The summed E-state index contributed by atoms with van der Waals surface area (Å²) >= 11 is 0. The van der Waals surface area contributed by atoms with Gasteiger partial charge in [0.25, 0.3) is 0 Å². The zero-order valence-electron chi connectivity index (χ0n) is 14.1. The second-order valence-corrected chi connectivity index (χ2v) is 6.78. The number of fused-ring (bicyclic) bond motifs is 3. The number of pyridine rings is 1. The molecule has 3 aromatic rings. The fraction of sp³-hybridized carbons (Fsp3) is 0.316. The van der Waals surface area contributed by atoms with E-state index in [0.717, 1.165) is 42.3 Å². The van der Waals surface area contributed by atoms with Gasteiger partial charge >= 0.3 is 0 Å². The lowest BCUT2D eigenvalue weighted by molar-refractivity contribution is -0.00495. The summed E-state index contributed by atoms with van der Waals surface area (Å²) in [6.07, 6.45) is 1.86. The predicted molar refractivity (Wildman–Crippen MR) is 92.5 cm³/mol. The Bertz CT molecular complexity index is 911. The Morgan fingerprint density at radius 2 is 2.00 bits per heavy atom. The first kappa shape index (κ1) is 15.6. The Balaban J connectivity index is 1.37. The first-order valence-electron chi connectivity index (χ1n) is 8.72. The summed E-state index contributed by atoms with van der Waals surface area (Å²) in [6.45, 7) is 2.93. The third kappa shape index (κ3) is 2.69. The van der Waals surface area contributed by atoms with Gasteiger partial charge in [0.05, 0.1) is 30.1 Å². The van der Waals surface area contributed by atoms with Gasteiger partial charge in [-0.05, 0) is 29.8 Å². The van der Waals surface area contributed by atoms with Crippen LogP contribution in [0.1, 0.15) is 17.3 Å². The average Bonchev–Trinajstić information content (AvgIpc) is 3.27. The van der Waals surface area contributed by atoms with Gasteiger partial charge in [-0.15, -0.1) is 5.10 Å². The highest BCUT2D eigenvalue weighted by molar-refractivity contribution is 5.56. The first-order chi connectivity index (χ1) is 12.8. The highest BCUT2D eigenvalue weighted by Gasteiger charge is 2.40. The molecular weight excluding hydrogens is 333 g/mol. The van der Waals surface area contributed by atoms with Crippen LogP contribution in [0.2, 0.25) is 0 Å². The minimum absolute atomic E-state index is 0.0984. The van der Waals surface area contributed by atoms with E-state index < -0.39 is 0 Å². The smallest absolute Gasteiger partial charge is 0.137 e. The molecule has 5 rings (SSSR count). The van der Waals surface area contributed by atoms with Crippen LogP contribution in [0.3, 0.4) is 0 Å². The summed E-state index contributed by atoms with van der Waals surface area (Å²) in [5, 5.41) is 8.76. The molecule has 2 aromatic heterocycles. The van der Waals surface area contributed by atoms with Gasteiger partial charge in [0.2, 0.25) is 0 Å². The summed E-state index contributed by atoms with van der Waals surface area (Å²) < 4.78 is 21.2. The number of rotatable bonds is 3. The molecule has 2 atom stereocenters. The average molecular weight is 351 g/mol. The topological polar surface area (TPSA) is 56.1 Å². The number of halogens is 1. The molecule has 26 heavy (non-hydrogen) atoms. The van der Waals surface area contributed by atoms with Crippen molar-refractivity contribution < 1.29 is 9.13 Å². The molecule has 0 saturated carbocycles. The van der Waals surface area contributed by atoms with Gasteiger partial charge in [-0.3, -0.25) is 9.88 Å². The summed E-state index contributed by atoms with van der Waals surface area (Å²) in [4.78, 5) is 6.70. The number of ether oxygens (including phenoxy) is 1. The summed E-state index contributed by atoms with van der Waals surface area (Å²) in [6, 6.07) is 12.6. The van der Waals surface area contributed by atoms with Gasteiger partial charge in [0, 0.05) is 25.8 Å². The van der Waals surface area contributed by atoms with E-state index in [1.807, 2.05) is 35.0 Å². The van der Waals surface area contributed by atoms with Gasteiger partial charge in [0.15, 0.2) is 0 Å². The molecule has 1 saturated heterocycles. The molecule has 4 heterocycles. The summed E-state index contributed by atoms with van der Waals surface area (Å²) in [5.41, 5.74) is 3.68. The number of likely N-dealkylation sites (tertiary alicyclic amines) is 1.